The van der Waals surface area contributed by atoms with Crippen LogP contribution < -0.4 is 10.0 Å². The molecule has 3 aliphatic heterocycles. The number of benzene rings is 2. The summed E-state index contributed by atoms with van der Waals surface area (Å²) in [6, 6.07) is 16.2. The summed E-state index contributed by atoms with van der Waals surface area (Å²) in [5.41, 5.74) is 3.62. The molecule has 1 atom stereocenters. The minimum atomic E-state index is -0.729. The predicted molar refractivity (Wildman–Crippen MR) is 113 cm³/mol. The predicted octanol–water partition coefficient (Wildman–Crippen LogP) is 2.15. The number of hydrogen-bond donors (Lipinski definition) is 2. The summed E-state index contributed by atoms with van der Waals surface area (Å²) in [6.07, 6.45) is 0.794. The van der Waals surface area contributed by atoms with Gasteiger partial charge in [-0.3, -0.25) is 14.5 Å². The van der Waals surface area contributed by atoms with Gasteiger partial charge in [0.25, 0.3) is 11.8 Å². The van der Waals surface area contributed by atoms with Crippen molar-refractivity contribution in [2.45, 2.75) is 25.6 Å². The molecule has 7 nitrogen and oxygen atoms in total. The number of nitrogens with one attached hydrogen (secondary N) is 2. The second-order valence-corrected chi connectivity index (χ2v) is 8.33. The summed E-state index contributed by atoms with van der Waals surface area (Å²) in [7, 11) is 0. The van der Waals surface area contributed by atoms with Gasteiger partial charge in [-0.1, -0.05) is 54.6 Å². The van der Waals surface area contributed by atoms with Crippen molar-refractivity contribution in [2.24, 2.45) is 0 Å². The molecule has 0 aromatic heterocycles. The molecule has 1 saturated heterocycles. The van der Waals surface area contributed by atoms with Gasteiger partial charge < -0.3 is 10.2 Å². The number of imide groups is 1. The number of carbonyl (C=O) groups is 3. The zero-order valence-corrected chi connectivity index (χ0v) is 16.9. The van der Waals surface area contributed by atoms with Crippen LogP contribution in [0, 0.1) is 0 Å². The molecule has 2 N–H and O–H groups in total. The van der Waals surface area contributed by atoms with Crippen LogP contribution in [0.15, 0.2) is 65.2 Å². The Morgan fingerprint density at radius 2 is 1.77 bits per heavy atom. The van der Waals surface area contributed by atoms with Gasteiger partial charge >= 0.3 is 6.03 Å². The lowest BCUT2D eigenvalue weighted by atomic mass is 9.99. The Balaban J connectivity index is 1.36. The molecular formula is C22H20N4O3S. The van der Waals surface area contributed by atoms with Crippen LogP contribution >= 0.6 is 11.9 Å². The number of amides is 4. The molecule has 1 fully saturated rings. The van der Waals surface area contributed by atoms with Crippen molar-refractivity contribution in [1.29, 1.82) is 0 Å². The molecule has 2 aromatic rings. The van der Waals surface area contributed by atoms with Gasteiger partial charge in [0.15, 0.2) is 0 Å². The van der Waals surface area contributed by atoms with E-state index in [4.69, 9.17) is 0 Å². The van der Waals surface area contributed by atoms with E-state index in [0.29, 0.717) is 23.7 Å². The highest BCUT2D eigenvalue weighted by molar-refractivity contribution is 8.02. The molecule has 0 saturated carbocycles. The standard InChI is InChI=1S/C22H20N4O3S/c27-20-18-17(23-22(29)26(20)12-14-6-2-1-3-7-14)19(30-24-18)21(28)25-11-10-15-8-4-5-9-16(15)13-25/h1-9,18,24H,10-13H2,(H,23,29). The van der Waals surface area contributed by atoms with E-state index < -0.39 is 12.1 Å². The Labute approximate surface area is 178 Å². The number of fused-ring (bicyclic) bond motifs is 2. The molecule has 0 bridgehead atoms. The largest absolute Gasteiger partial charge is 0.333 e. The van der Waals surface area contributed by atoms with Gasteiger partial charge in [0.1, 0.15) is 10.9 Å². The number of urea groups is 1. The zero-order chi connectivity index (χ0) is 20.7. The SMILES string of the molecule is O=C(C1=C2NC(=O)N(Cc3ccccc3)C(=O)C2NS1)N1CCc2ccccc2C1. The quantitative estimate of drug-likeness (QED) is 0.744. The van der Waals surface area contributed by atoms with Gasteiger partial charge in [0.05, 0.1) is 12.2 Å². The van der Waals surface area contributed by atoms with E-state index >= 15 is 0 Å². The van der Waals surface area contributed by atoms with Crippen LogP contribution in [0.5, 0.6) is 0 Å². The second-order valence-electron chi connectivity index (χ2n) is 7.48. The third-order valence-corrected chi connectivity index (χ3v) is 6.56. The Bertz CT molecular complexity index is 1070. The molecule has 30 heavy (non-hydrogen) atoms. The van der Waals surface area contributed by atoms with Crippen LogP contribution in [-0.2, 0) is 29.1 Å². The third-order valence-electron chi connectivity index (χ3n) is 5.61. The molecule has 0 aliphatic carbocycles. The van der Waals surface area contributed by atoms with Gasteiger partial charge in [-0.2, -0.15) is 0 Å². The smallest absolute Gasteiger partial charge is 0.328 e. The van der Waals surface area contributed by atoms with E-state index in [2.05, 4.69) is 16.1 Å². The van der Waals surface area contributed by atoms with Crippen LogP contribution in [0.3, 0.4) is 0 Å². The van der Waals surface area contributed by atoms with Crippen LogP contribution in [0.4, 0.5) is 4.79 Å². The maximum atomic E-state index is 13.2. The van der Waals surface area contributed by atoms with E-state index in [0.717, 1.165) is 29.5 Å². The fourth-order valence-electron chi connectivity index (χ4n) is 3.99. The maximum absolute atomic E-state index is 13.2. The van der Waals surface area contributed by atoms with Crippen molar-refractivity contribution < 1.29 is 14.4 Å². The van der Waals surface area contributed by atoms with Gasteiger partial charge in [-0.15, -0.1) is 0 Å². The average molecular weight is 420 g/mol. The molecule has 0 spiro atoms. The average Bonchev–Trinajstić information content (AvgIpc) is 3.20. The highest BCUT2D eigenvalue weighted by Crippen LogP contribution is 2.33. The third kappa shape index (κ3) is 3.28. The maximum Gasteiger partial charge on any atom is 0.328 e. The van der Waals surface area contributed by atoms with Crippen molar-refractivity contribution >= 4 is 29.8 Å². The van der Waals surface area contributed by atoms with E-state index in [1.165, 1.54) is 10.5 Å². The van der Waals surface area contributed by atoms with E-state index in [1.807, 2.05) is 48.5 Å². The number of rotatable bonds is 3. The lowest BCUT2D eigenvalue weighted by Crippen LogP contribution is -2.57. The fourth-order valence-corrected chi connectivity index (χ4v) is 4.94. The highest BCUT2D eigenvalue weighted by Gasteiger charge is 2.45. The first-order valence-corrected chi connectivity index (χ1v) is 10.6. The Hall–Kier alpha value is -3.10. The minimum Gasteiger partial charge on any atom is -0.333 e. The molecule has 8 heteroatoms. The first kappa shape index (κ1) is 18.9. The van der Waals surface area contributed by atoms with Crippen LogP contribution in [0.1, 0.15) is 16.7 Å². The fraction of sp³-hybridized carbons (Fsp3) is 0.227. The summed E-state index contributed by atoms with van der Waals surface area (Å²) in [6.45, 7) is 1.33. The topological polar surface area (TPSA) is 81.8 Å². The van der Waals surface area contributed by atoms with Gasteiger partial charge in [-0.25, -0.2) is 9.52 Å². The molecular weight excluding hydrogens is 400 g/mol. The van der Waals surface area contributed by atoms with Gasteiger partial charge in [0.2, 0.25) is 0 Å². The van der Waals surface area contributed by atoms with Crippen molar-refractivity contribution in [1.82, 2.24) is 19.8 Å². The van der Waals surface area contributed by atoms with Crippen LogP contribution in [0.2, 0.25) is 0 Å². The second kappa shape index (κ2) is 7.62. The van der Waals surface area contributed by atoms with E-state index in [9.17, 15) is 14.4 Å². The van der Waals surface area contributed by atoms with Crippen molar-refractivity contribution in [3.8, 4) is 0 Å². The van der Waals surface area contributed by atoms with Crippen molar-refractivity contribution in [2.75, 3.05) is 6.54 Å². The summed E-state index contributed by atoms with van der Waals surface area (Å²) in [5.74, 6) is -0.513. The monoisotopic (exact) mass is 420 g/mol. The lowest BCUT2D eigenvalue weighted by Gasteiger charge is -2.31. The van der Waals surface area contributed by atoms with Gasteiger partial charge in [-0.05, 0) is 35.1 Å². The molecule has 4 amide bonds. The molecule has 0 radical (unpaired) electrons. The normalized spacial score (nSPS) is 20.7. The zero-order valence-electron chi connectivity index (χ0n) is 16.1. The Morgan fingerprint density at radius 3 is 2.57 bits per heavy atom. The first-order chi connectivity index (χ1) is 14.6. The summed E-state index contributed by atoms with van der Waals surface area (Å²) >= 11 is 1.12. The minimum absolute atomic E-state index is 0.163. The lowest BCUT2D eigenvalue weighted by molar-refractivity contribution is -0.130. The molecule has 3 heterocycles. The number of nitrogens with zero attached hydrogens (tertiary/aromatic N) is 2. The first-order valence-electron chi connectivity index (χ1n) is 9.80. The van der Waals surface area contributed by atoms with Crippen molar-refractivity contribution in [3.63, 3.8) is 0 Å². The molecule has 2 aromatic carbocycles. The summed E-state index contributed by atoms with van der Waals surface area (Å²) < 4.78 is 3.02. The van der Waals surface area contributed by atoms with E-state index in [1.54, 1.807) is 4.90 Å². The van der Waals surface area contributed by atoms with Crippen LogP contribution in [-0.4, -0.2) is 40.2 Å². The van der Waals surface area contributed by atoms with Crippen molar-refractivity contribution in [3.05, 3.63) is 81.9 Å². The number of carbonyl (C=O) groups excluding carboxylic acids is 3. The van der Waals surface area contributed by atoms with Crippen LogP contribution in [0.25, 0.3) is 0 Å². The molecule has 3 aliphatic rings. The molecule has 152 valence electrons. The summed E-state index contributed by atoms with van der Waals surface area (Å²) in [5, 5.41) is 2.78. The Kier molecular flexibility index (Phi) is 4.80. The molecule has 1 unspecified atom stereocenters. The van der Waals surface area contributed by atoms with Gasteiger partial charge in [0, 0.05) is 13.1 Å². The number of hydrogen-bond acceptors (Lipinski definition) is 5. The Morgan fingerprint density at radius 1 is 1.03 bits per heavy atom. The summed E-state index contributed by atoms with van der Waals surface area (Å²) in [4.78, 5) is 42.1. The van der Waals surface area contributed by atoms with E-state index in [-0.39, 0.29) is 18.4 Å². The highest BCUT2D eigenvalue weighted by atomic mass is 32.2. The molecule has 5 rings (SSSR count).